The molecule has 0 aliphatic heterocycles. The molecule has 1 amide bonds. The van der Waals surface area contributed by atoms with Crippen LogP contribution in [0, 0.1) is 12.3 Å². The lowest BCUT2D eigenvalue weighted by Crippen LogP contribution is -2.44. The summed E-state index contributed by atoms with van der Waals surface area (Å²) < 4.78 is 0. The molecule has 0 saturated heterocycles. The van der Waals surface area contributed by atoms with Gasteiger partial charge in [0, 0.05) is 5.54 Å². The van der Waals surface area contributed by atoms with Crippen LogP contribution in [0.2, 0.25) is 0 Å². The second kappa shape index (κ2) is 3.46. The lowest BCUT2D eigenvalue weighted by atomic mass is 9.82. The standard InChI is InChI=1S/C10H19NO/c1-8(12)11-10(5,6)7-9(2,3)4/h1H,7H2,2-6H3,(H,11,12). The summed E-state index contributed by atoms with van der Waals surface area (Å²) in [5, 5.41) is 2.71. The van der Waals surface area contributed by atoms with Crippen molar-refractivity contribution < 1.29 is 4.79 Å². The van der Waals surface area contributed by atoms with Crippen molar-refractivity contribution in [3.8, 4) is 0 Å². The fourth-order valence-corrected chi connectivity index (χ4v) is 1.70. The highest BCUT2D eigenvalue weighted by atomic mass is 16.1. The van der Waals surface area contributed by atoms with E-state index < -0.39 is 5.91 Å². The lowest BCUT2D eigenvalue weighted by Gasteiger charge is -2.32. The molecule has 1 N–H and O–H groups in total. The molecule has 0 spiro atoms. The minimum absolute atomic E-state index is 0.200. The molecule has 0 aliphatic rings. The summed E-state index contributed by atoms with van der Waals surface area (Å²) in [6.07, 6.45) is 0.906. The Kier molecular flexibility index (Phi) is 3.31. The molecule has 70 valence electrons. The van der Waals surface area contributed by atoms with E-state index in [2.05, 4.69) is 26.1 Å². The van der Waals surface area contributed by atoms with Crippen LogP contribution in [0.15, 0.2) is 0 Å². The molecule has 0 aromatic heterocycles. The van der Waals surface area contributed by atoms with Gasteiger partial charge in [-0.25, -0.2) is 0 Å². The SMILES string of the molecule is [CH]C(=O)NC(C)(C)CC(C)(C)C. The van der Waals surface area contributed by atoms with Crippen LogP contribution in [-0.2, 0) is 4.79 Å². The molecule has 12 heavy (non-hydrogen) atoms. The number of rotatable bonds is 2. The van der Waals surface area contributed by atoms with Gasteiger partial charge in [-0.05, 0) is 25.7 Å². The Hall–Kier alpha value is -0.530. The van der Waals surface area contributed by atoms with Crippen molar-refractivity contribution in [1.29, 1.82) is 0 Å². The van der Waals surface area contributed by atoms with E-state index in [1.54, 1.807) is 0 Å². The summed E-state index contributed by atoms with van der Waals surface area (Å²) in [6, 6.07) is 0. The maximum Gasteiger partial charge on any atom is 0.225 e. The summed E-state index contributed by atoms with van der Waals surface area (Å²) in [7, 11) is 0. The van der Waals surface area contributed by atoms with Crippen LogP contribution >= 0.6 is 0 Å². The molecule has 0 heterocycles. The highest BCUT2D eigenvalue weighted by Crippen LogP contribution is 2.26. The maximum absolute atomic E-state index is 10.6. The number of nitrogens with one attached hydrogen (secondary N) is 1. The molecule has 0 rings (SSSR count). The van der Waals surface area contributed by atoms with Crippen molar-refractivity contribution in [1.82, 2.24) is 5.32 Å². The second-order valence-corrected chi connectivity index (χ2v) is 5.11. The summed E-state index contributed by atoms with van der Waals surface area (Å²) in [5.74, 6) is -0.454. The highest BCUT2D eigenvalue weighted by Gasteiger charge is 2.25. The van der Waals surface area contributed by atoms with Gasteiger partial charge in [0.1, 0.15) is 0 Å². The molecular formula is C10H19NO. The summed E-state index contributed by atoms with van der Waals surface area (Å²) >= 11 is 0. The number of carbonyl (C=O) groups is 1. The van der Waals surface area contributed by atoms with Crippen LogP contribution in [0.3, 0.4) is 0 Å². The Morgan fingerprint density at radius 2 is 1.67 bits per heavy atom. The van der Waals surface area contributed by atoms with E-state index >= 15 is 0 Å². The predicted octanol–water partition coefficient (Wildman–Crippen LogP) is 2.03. The first-order valence-corrected chi connectivity index (χ1v) is 4.20. The molecule has 0 aromatic rings. The van der Waals surface area contributed by atoms with Crippen LogP contribution in [0.1, 0.15) is 41.0 Å². The normalized spacial score (nSPS) is 12.8. The summed E-state index contributed by atoms with van der Waals surface area (Å²) in [4.78, 5) is 10.6. The fourth-order valence-electron chi connectivity index (χ4n) is 1.70. The highest BCUT2D eigenvalue weighted by molar-refractivity contribution is 5.80. The zero-order valence-electron chi connectivity index (χ0n) is 8.69. The third kappa shape index (κ3) is 6.20. The van der Waals surface area contributed by atoms with Crippen molar-refractivity contribution >= 4 is 5.91 Å². The van der Waals surface area contributed by atoms with E-state index in [0.717, 1.165) is 6.42 Å². The van der Waals surface area contributed by atoms with E-state index in [1.807, 2.05) is 13.8 Å². The van der Waals surface area contributed by atoms with Crippen LogP contribution in [0.5, 0.6) is 0 Å². The number of hydrogen-bond donors (Lipinski definition) is 1. The van der Waals surface area contributed by atoms with Gasteiger partial charge in [0.15, 0.2) is 0 Å². The zero-order valence-corrected chi connectivity index (χ0v) is 8.69. The van der Waals surface area contributed by atoms with Crippen molar-refractivity contribution in [2.24, 2.45) is 5.41 Å². The molecule has 2 nitrogen and oxygen atoms in total. The van der Waals surface area contributed by atoms with Gasteiger partial charge in [0.2, 0.25) is 5.91 Å². The maximum atomic E-state index is 10.6. The molecule has 2 heteroatoms. The monoisotopic (exact) mass is 169 g/mol. The Labute approximate surface area is 75.7 Å². The molecular weight excluding hydrogens is 150 g/mol. The van der Waals surface area contributed by atoms with Crippen LogP contribution < -0.4 is 5.32 Å². The third-order valence-electron chi connectivity index (χ3n) is 1.43. The predicted molar refractivity (Wildman–Crippen MR) is 50.6 cm³/mol. The van der Waals surface area contributed by atoms with Gasteiger partial charge >= 0.3 is 0 Å². The van der Waals surface area contributed by atoms with Gasteiger partial charge in [0.05, 0.1) is 6.92 Å². The van der Waals surface area contributed by atoms with Crippen molar-refractivity contribution in [3.05, 3.63) is 6.92 Å². The average Bonchev–Trinajstić information content (AvgIpc) is 1.48. The number of carbonyl (C=O) groups excluding carboxylic acids is 1. The number of hydrogen-bond acceptors (Lipinski definition) is 1. The Bertz CT molecular complexity index is 165. The largest absolute Gasteiger partial charge is 0.351 e. The van der Waals surface area contributed by atoms with Gasteiger partial charge in [-0.2, -0.15) is 0 Å². The first-order chi connectivity index (χ1) is 5.12. The molecule has 2 radical (unpaired) electrons. The van der Waals surface area contributed by atoms with Gasteiger partial charge in [-0.15, -0.1) is 0 Å². The van der Waals surface area contributed by atoms with Gasteiger partial charge in [-0.3, -0.25) is 4.79 Å². The molecule has 0 saturated carbocycles. The van der Waals surface area contributed by atoms with E-state index in [-0.39, 0.29) is 11.0 Å². The Morgan fingerprint density at radius 1 is 1.25 bits per heavy atom. The van der Waals surface area contributed by atoms with Crippen LogP contribution in [-0.4, -0.2) is 11.4 Å². The molecule has 0 atom stereocenters. The van der Waals surface area contributed by atoms with E-state index in [4.69, 9.17) is 6.92 Å². The Balaban J connectivity index is 4.13. The first-order valence-electron chi connectivity index (χ1n) is 4.20. The molecule has 0 fully saturated rings. The minimum Gasteiger partial charge on any atom is -0.351 e. The molecule has 0 aliphatic carbocycles. The average molecular weight is 169 g/mol. The van der Waals surface area contributed by atoms with Gasteiger partial charge < -0.3 is 5.32 Å². The van der Waals surface area contributed by atoms with Crippen molar-refractivity contribution in [3.63, 3.8) is 0 Å². The van der Waals surface area contributed by atoms with E-state index in [9.17, 15) is 4.79 Å². The Morgan fingerprint density at radius 3 is 1.92 bits per heavy atom. The van der Waals surface area contributed by atoms with Gasteiger partial charge in [0.25, 0.3) is 0 Å². The zero-order chi connectivity index (χ0) is 9.99. The summed E-state index contributed by atoms with van der Waals surface area (Å²) in [6.45, 7) is 15.4. The topological polar surface area (TPSA) is 29.1 Å². The minimum atomic E-state index is -0.454. The van der Waals surface area contributed by atoms with Crippen LogP contribution in [0.25, 0.3) is 0 Å². The molecule has 0 bridgehead atoms. The van der Waals surface area contributed by atoms with E-state index in [0.29, 0.717) is 0 Å². The van der Waals surface area contributed by atoms with Crippen molar-refractivity contribution in [2.75, 3.05) is 0 Å². The quantitative estimate of drug-likeness (QED) is 0.673. The fraction of sp³-hybridized carbons (Fsp3) is 0.800. The smallest absolute Gasteiger partial charge is 0.225 e. The van der Waals surface area contributed by atoms with E-state index in [1.165, 1.54) is 0 Å². The molecule has 0 aromatic carbocycles. The molecule has 0 unspecified atom stereocenters. The first kappa shape index (κ1) is 11.5. The van der Waals surface area contributed by atoms with Crippen LogP contribution in [0.4, 0.5) is 0 Å². The van der Waals surface area contributed by atoms with Crippen molar-refractivity contribution in [2.45, 2.75) is 46.6 Å². The number of amides is 1. The summed E-state index contributed by atoms with van der Waals surface area (Å²) in [5.41, 5.74) is -0.0178. The lowest BCUT2D eigenvalue weighted by molar-refractivity contribution is -0.118. The van der Waals surface area contributed by atoms with Gasteiger partial charge in [-0.1, -0.05) is 20.8 Å². The third-order valence-corrected chi connectivity index (χ3v) is 1.43. The second-order valence-electron chi connectivity index (χ2n) is 5.11.